The van der Waals surface area contributed by atoms with E-state index in [0.29, 0.717) is 6.61 Å². The lowest BCUT2D eigenvalue weighted by atomic mass is 9.93. The summed E-state index contributed by atoms with van der Waals surface area (Å²) in [4.78, 5) is 46.7. The van der Waals surface area contributed by atoms with Gasteiger partial charge < -0.3 is 19.9 Å². The van der Waals surface area contributed by atoms with Crippen molar-refractivity contribution in [3.63, 3.8) is 0 Å². The molecule has 0 radical (unpaired) electrons. The highest BCUT2D eigenvalue weighted by atomic mass is 16.5. The van der Waals surface area contributed by atoms with Crippen LogP contribution in [0.1, 0.15) is 56.6 Å². The zero-order valence-corrected chi connectivity index (χ0v) is 22.6. The van der Waals surface area contributed by atoms with E-state index in [-0.39, 0.29) is 30.2 Å². The topological polar surface area (TPSA) is 104 Å². The van der Waals surface area contributed by atoms with Gasteiger partial charge in [0.2, 0.25) is 12.2 Å². The molecule has 0 bridgehead atoms. The van der Waals surface area contributed by atoms with Crippen LogP contribution in [-0.2, 0) is 21.0 Å². The number of nitrogens with zero attached hydrogens (tertiary/aromatic N) is 2. The first-order chi connectivity index (χ1) is 18.7. The van der Waals surface area contributed by atoms with E-state index in [0.717, 1.165) is 51.8 Å². The monoisotopic (exact) mass is 524 g/mol. The Morgan fingerprint density at radius 3 is 2.72 bits per heavy atom. The molecule has 2 N–H and O–H groups in total. The Morgan fingerprint density at radius 1 is 1.13 bits per heavy atom. The van der Waals surface area contributed by atoms with E-state index in [1.807, 2.05) is 31.7 Å². The Morgan fingerprint density at radius 2 is 1.95 bits per heavy atom. The second kappa shape index (κ2) is 9.52. The molecule has 3 heterocycles. The number of imidazole rings is 1. The highest BCUT2D eigenvalue weighted by Crippen LogP contribution is 2.42. The van der Waals surface area contributed by atoms with Crippen molar-refractivity contribution in [2.75, 3.05) is 0 Å². The molecule has 1 fully saturated rings. The number of aromatic nitrogens is 2. The fourth-order valence-corrected chi connectivity index (χ4v) is 6.08. The van der Waals surface area contributed by atoms with Crippen LogP contribution in [0.4, 0.5) is 0 Å². The number of amides is 2. The van der Waals surface area contributed by atoms with E-state index in [1.165, 1.54) is 16.7 Å². The number of carbonyl (C=O) groups excluding carboxylic acids is 3. The van der Waals surface area contributed by atoms with Gasteiger partial charge in [0.1, 0.15) is 24.2 Å². The lowest BCUT2D eigenvalue weighted by molar-refractivity contribution is -0.141. The van der Waals surface area contributed by atoms with Gasteiger partial charge in [-0.3, -0.25) is 14.4 Å². The van der Waals surface area contributed by atoms with E-state index in [4.69, 9.17) is 9.72 Å². The Hall–Kier alpha value is -4.20. The standard InChI is InChI=1S/C31H32N4O4/c1-16(2)28(33-27(37)14-36)31(38)35-18(4)6-10-25(35)30-32-24-9-7-19-12-23-21-8-5-17(3)11-20(21)15-39-26(23)13-22(19)29(24)34-30/h5,7-9,11-14,16,18,25,28H,6,10,15H2,1-4H3,(H,32,34)(H,33,37)/t18-,25-,28-/m0/s1. The first-order valence-corrected chi connectivity index (χ1v) is 13.5. The third kappa shape index (κ3) is 4.24. The van der Waals surface area contributed by atoms with Gasteiger partial charge in [0.05, 0.1) is 17.1 Å². The van der Waals surface area contributed by atoms with Crippen LogP contribution in [-0.4, -0.2) is 45.1 Å². The minimum Gasteiger partial charge on any atom is -0.488 e. The molecular formula is C31H32N4O4. The van der Waals surface area contributed by atoms with E-state index >= 15 is 0 Å². The lowest BCUT2D eigenvalue weighted by Crippen LogP contribution is -2.52. The predicted octanol–water partition coefficient (Wildman–Crippen LogP) is 4.98. The number of aldehydes is 1. The van der Waals surface area contributed by atoms with Crippen molar-refractivity contribution in [2.45, 2.75) is 65.3 Å². The number of ether oxygens (including phenoxy) is 1. The number of likely N-dealkylation sites (tertiary alicyclic amines) is 1. The maximum atomic E-state index is 13.7. The molecular weight excluding hydrogens is 492 g/mol. The quantitative estimate of drug-likeness (QED) is 0.283. The Balaban J connectivity index is 1.39. The molecule has 0 aliphatic carbocycles. The second-order valence-corrected chi connectivity index (χ2v) is 11.1. The van der Waals surface area contributed by atoms with Crippen molar-refractivity contribution in [3.05, 3.63) is 59.4 Å². The lowest BCUT2D eigenvalue weighted by Gasteiger charge is -2.32. The van der Waals surface area contributed by atoms with Crippen LogP contribution in [0.15, 0.2) is 42.5 Å². The number of H-pyrrole nitrogens is 1. The van der Waals surface area contributed by atoms with Crippen LogP contribution in [0.2, 0.25) is 0 Å². The molecule has 39 heavy (non-hydrogen) atoms. The Bertz CT molecular complexity index is 1640. The van der Waals surface area contributed by atoms with Gasteiger partial charge in [-0.2, -0.15) is 0 Å². The predicted molar refractivity (Wildman–Crippen MR) is 149 cm³/mol. The van der Waals surface area contributed by atoms with E-state index < -0.39 is 11.9 Å². The van der Waals surface area contributed by atoms with E-state index in [2.05, 4.69) is 53.6 Å². The first kappa shape index (κ1) is 25.1. The normalized spacial score (nSPS) is 19.1. The SMILES string of the molecule is Cc1ccc2c(c1)COc1cc3c(ccc4nc([C@@H]5CC[C@H](C)N5C(=O)[C@@H](NC(=O)C=O)C(C)C)[nH]c43)cc1-2. The van der Waals surface area contributed by atoms with Gasteiger partial charge in [-0.15, -0.1) is 0 Å². The van der Waals surface area contributed by atoms with Gasteiger partial charge in [0.25, 0.3) is 5.91 Å². The molecule has 2 aliphatic rings. The summed E-state index contributed by atoms with van der Waals surface area (Å²) >= 11 is 0. The number of aryl methyl sites for hydroxylation is 1. The fraction of sp³-hybridized carbons (Fsp3) is 0.355. The van der Waals surface area contributed by atoms with Crippen LogP contribution in [0.5, 0.6) is 5.75 Å². The number of nitrogens with one attached hydrogen (secondary N) is 2. The molecule has 2 amide bonds. The summed E-state index contributed by atoms with van der Waals surface area (Å²) < 4.78 is 6.17. The zero-order chi connectivity index (χ0) is 27.4. The van der Waals surface area contributed by atoms with Gasteiger partial charge in [-0.25, -0.2) is 4.98 Å². The van der Waals surface area contributed by atoms with Gasteiger partial charge in [-0.05, 0) is 67.3 Å². The minimum atomic E-state index is -0.788. The van der Waals surface area contributed by atoms with Gasteiger partial charge in [0.15, 0.2) is 0 Å². The van der Waals surface area contributed by atoms with Crippen molar-refractivity contribution < 1.29 is 19.1 Å². The van der Waals surface area contributed by atoms with Crippen molar-refractivity contribution in [1.82, 2.24) is 20.2 Å². The van der Waals surface area contributed by atoms with Gasteiger partial charge in [0, 0.05) is 17.0 Å². The minimum absolute atomic E-state index is 0.0223. The molecule has 200 valence electrons. The summed E-state index contributed by atoms with van der Waals surface area (Å²) in [7, 11) is 0. The number of carbonyl (C=O) groups is 3. The van der Waals surface area contributed by atoms with E-state index in [1.54, 1.807) is 0 Å². The fourth-order valence-electron chi connectivity index (χ4n) is 6.08. The highest BCUT2D eigenvalue weighted by molar-refractivity contribution is 6.24. The van der Waals surface area contributed by atoms with Gasteiger partial charge >= 0.3 is 0 Å². The van der Waals surface area contributed by atoms with Crippen LogP contribution in [0.25, 0.3) is 32.9 Å². The number of aromatic amines is 1. The summed E-state index contributed by atoms with van der Waals surface area (Å²) in [6, 6.07) is 13.8. The average Bonchev–Trinajstić information content (AvgIpc) is 3.53. The molecule has 0 saturated carbocycles. The molecule has 1 saturated heterocycles. The van der Waals surface area contributed by atoms with Crippen molar-refractivity contribution in [2.24, 2.45) is 5.92 Å². The number of hydrogen-bond acceptors (Lipinski definition) is 5. The maximum absolute atomic E-state index is 13.7. The number of rotatable bonds is 5. The molecule has 1 aromatic heterocycles. The molecule has 8 heteroatoms. The van der Waals surface area contributed by atoms with Crippen molar-refractivity contribution in [3.8, 4) is 16.9 Å². The molecule has 0 spiro atoms. The van der Waals surface area contributed by atoms with Crippen molar-refractivity contribution >= 4 is 39.9 Å². The first-order valence-electron chi connectivity index (χ1n) is 13.5. The summed E-state index contributed by atoms with van der Waals surface area (Å²) in [6.07, 6.45) is 1.78. The molecule has 4 aromatic rings. The Kier molecular flexibility index (Phi) is 6.13. The van der Waals surface area contributed by atoms with Crippen LogP contribution >= 0.6 is 0 Å². The molecule has 3 aromatic carbocycles. The molecule has 3 atom stereocenters. The number of fused-ring (bicyclic) bond motifs is 6. The number of hydrogen-bond donors (Lipinski definition) is 2. The zero-order valence-electron chi connectivity index (χ0n) is 22.6. The summed E-state index contributed by atoms with van der Waals surface area (Å²) in [5.74, 6) is 0.411. The highest BCUT2D eigenvalue weighted by Gasteiger charge is 2.41. The second-order valence-electron chi connectivity index (χ2n) is 11.1. The third-order valence-electron chi connectivity index (χ3n) is 8.10. The molecule has 6 rings (SSSR count). The van der Waals surface area contributed by atoms with Gasteiger partial charge in [-0.1, -0.05) is 43.7 Å². The average molecular weight is 525 g/mol. The maximum Gasteiger partial charge on any atom is 0.284 e. The molecule has 8 nitrogen and oxygen atoms in total. The largest absolute Gasteiger partial charge is 0.488 e. The molecule has 0 unspecified atom stereocenters. The number of benzene rings is 3. The van der Waals surface area contributed by atoms with Crippen LogP contribution in [0, 0.1) is 12.8 Å². The summed E-state index contributed by atoms with van der Waals surface area (Å²) in [6.45, 7) is 8.36. The summed E-state index contributed by atoms with van der Waals surface area (Å²) in [5, 5.41) is 4.68. The van der Waals surface area contributed by atoms with E-state index in [9.17, 15) is 14.4 Å². The van der Waals surface area contributed by atoms with Crippen LogP contribution < -0.4 is 10.1 Å². The Labute approximate surface area is 226 Å². The smallest absolute Gasteiger partial charge is 0.284 e. The van der Waals surface area contributed by atoms with Crippen LogP contribution in [0.3, 0.4) is 0 Å². The van der Waals surface area contributed by atoms with Crippen molar-refractivity contribution in [1.29, 1.82) is 0 Å². The molecule has 2 aliphatic heterocycles. The third-order valence-corrected chi connectivity index (χ3v) is 8.10. The summed E-state index contributed by atoms with van der Waals surface area (Å²) in [5.41, 5.74) is 6.42.